The molecule has 0 spiro atoms. The van der Waals surface area contributed by atoms with Crippen LogP contribution in [0.25, 0.3) is 10.9 Å². The van der Waals surface area contributed by atoms with E-state index in [9.17, 15) is 0 Å². The van der Waals surface area contributed by atoms with Gasteiger partial charge in [0.1, 0.15) is 0 Å². The second kappa shape index (κ2) is 4.87. The minimum Gasteiger partial charge on any atom is -0.302 e. The van der Waals surface area contributed by atoms with E-state index in [1.54, 1.807) is 0 Å². The van der Waals surface area contributed by atoms with Gasteiger partial charge in [0.05, 0.1) is 24.4 Å². The summed E-state index contributed by atoms with van der Waals surface area (Å²) in [4.78, 5) is 9.56. The highest BCUT2D eigenvalue weighted by Gasteiger charge is 1.96. The van der Waals surface area contributed by atoms with Crippen molar-refractivity contribution in [1.82, 2.24) is 10.5 Å². The average Bonchev–Trinajstić information content (AvgIpc) is 2.29. The lowest BCUT2D eigenvalue weighted by Crippen LogP contribution is -2.14. The van der Waals surface area contributed by atoms with Crippen LogP contribution in [0.1, 0.15) is 12.6 Å². The third kappa shape index (κ3) is 2.52. The molecule has 1 aromatic heterocycles. The molecule has 0 atom stereocenters. The highest BCUT2D eigenvalue weighted by atomic mass is 16.6. The number of hydrogen-bond donors (Lipinski definition) is 1. The molecular weight excluding hydrogens is 188 g/mol. The maximum absolute atomic E-state index is 5.06. The van der Waals surface area contributed by atoms with Crippen LogP contribution >= 0.6 is 0 Å². The summed E-state index contributed by atoms with van der Waals surface area (Å²) in [6, 6.07) is 12.2. The largest absolute Gasteiger partial charge is 0.302 e. The first-order chi connectivity index (χ1) is 7.40. The van der Waals surface area contributed by atoms with Gasteiger partial charge in [0.2, 0.25) is 0 Å². The molecule has 78 valence electrons. The summed E-state index contributed by atoms with van der Waals surface area (Å²) in [5.41, 5.74) is 4.86. The first kappa shape index (κ1) is 10.1. The van der Waals surface area contributed by atoms with Crippen molar-refractivity contribution in [2.75, 3.05) is 6.61 Å². The smallest absolute Gasteiger partial charge is 0.0705 e. The molecule has 2 aromatic rings. The van der Waals surface area contributed by atoms with Crippen molar-refractivity contribution < 1.29 is 4.84 Å². The number of para-hydroxylation sites is 1. The van der Waals surface area contributed by atoms with E-state index in [0.29, 0.717) is 13.2 Å². The van der Waals surface area contributed by atoms with Crippen LogP contribution in [0.15, 0.2) is 36.4 Å². The van der Waals surface area contributed by atoms with Gasteiger partial charge in [-0.05, 0) is 19.1 Å². The Hall–Kier alpha value is -1.45. The molecule has 3 heteroatoms. The van der Waals surface area contributed by atoms with Crippen LogP contribution in [-0.4, -0.2) is 11.6 Å². The average molecular weight is 202 g/mol. The molecule has 2 rings (SSSR count). The Labute approximate surface area is 89.0 Å². The van der Waals surface area contributed by atoms with Gasteiger partial charge in [-0.15, -0.1) is 0 Å². The zero-order valence-corrected chi connectivity index (χ0v) is 8.73. The van der Waals surface area contributed by atoms with E-state index in [1.807, 2.05) is 31.2 Å². The van der Waals surface area contributed by atoms with Crippen molar-refractivity contribution in [3.05, 3.63) is 42.1 Å². The fourth-order valence-corrected chi connectivity index (χ4v) is 1.43. The van der Waals surface area contributed by atoms with Crippen molar-refractivity contribution in [2.24, 2.45) is 0 Å². The molecule has 15 heavy (non-hydrogen) atoms. The molecule has 3 nitrogen and oxygen atoms in total. The van der Waals surface area contributed by atoms with Crippen LogP contribution < -0.4 is 5.48 Å². The van der Waals surface area contributed by atoms with Gasteiger partial charge < -0.3 is 4.84 Å². The van der Waals surface area contributed by atoms with Gasteiger partial charge in [-0.1, -0.05) is 24.3 Å². The Morgan fingerprint density at radius 2 is 2.07 bits per heavy atom. The van der Waals surface area contributed by atoms with Gasteiger partial charge in [0, 0.05) is 5.39 Å². The van der Waals surface area contributed by atoms with E-state index >= 15 is 0 Å². The molecule has 0 saturated heterocycles. The second-order valence-corrected chi connectivity index (χ2v) is 3.25. The van der Waals surface area contributed by atoms with Gasteiger partial charge in [-0.3, -0.25) is 4.98 Å². The third-order valence-electron chi connectivity index (χ3n) is 2.16. The van der Waals surface area contributed by atoms with Crippen LogP contribution in [0.3, 0.4) is 0 Å². The Morgan fingerprint density at radius 1 is 1.20 bits per heavy atom. The summed E-state index contributed by atoms with van der Waals surface area (Å²) in [5, 5.41) is 1.16. The molecule has 0 radical (unpaired) electrons. The molecular formula is C12H14N2O. The molecule has 1 N–H and O–H groups in total. The zero-order valence-electron chi connectivity index (χ0n) is 8.73. The van der Waals surface area contributed by atoms with Crippen molar-refractivity contribution in [3.63, 3.8) is 0 Å². The number of hydroxylamine groups is 1. The van der Waals surface area contributed by atoms with Gasteiger partial charge in [-0.2, -0.15) is 5.48 Å². The Kier molecular flexibility index (Phi) is 3.27. The third-order valence-corrected chi connectivity index (χ3v) is 2.16. The maximum atomic E-state index is 5.06. The zero-order chi connectivity index (χ0) is 10.5. The number of nitrogens with zero attached hydrogens (tertiary/aromatic N) is 1. The summed E-state index contributed by atoms with van der Waals surface area (Å²) in [5.74, 6) is 0. The highest BCUT2D eigenvalue weighted by molar-refractivity contribution is 5.78. The van der Waals surface area contributed by atoms with E-state index < -0.39 is 0 Å². The summed E-state index contributed by atoms with van der Waals surface area (Å²) in [7, 11) is 0. The lowest BCUT2D eigenvalue weighted by molar-refractivity contribution is 0.0457. The summed E-state index contributed by atoms with van der Waals surface area (Å²) in [6.45, 7) is 3.24. The van der Waals surface area contributed by atoms with E-state index in [1.165, 1.54) is 0 Å². The Balaban J connectivity index is 2.16. The molecule has 0 aliphatic rings. The molecule has 0 fully saturated rings. The van der Waals surface area contributed by atoms with Gasteiger partial charge >= 0.3 is 0 Å². The Bertz CT molecular complexity index is 442. The first-order valence-corrected chi connectivity index (χ1v) is 5.09. The summed E-state index contributed by atoms with van der Waals surface area (Å²) < 4.78 is 0. The monoisotopic (exact) mass is 202 g/mol. The molecule has 0 saturated carbocycles. The van der Waals surface area contributed by atoms with Crippen molar-refractivity contribution in [2.45, 2.75) is 13.5 Å². The first-order valence-electron chi connectivity index (χ1n) is 5.09. The Morgan fingerprint density at radius 3 is 2.93 bits per heavy atom. The van der Waals surface area contributed by atoms with E-state index in [4.69, 9.17) is 4.84 Å². The minimum atomic E-state index is 0.638. The van der Waals surface area contributed by atoms with Crippen molar-refractivity contribution >= 4 is 10.9 Å². The van der Waals surface area contributed by atoms with Gasteiger partial charge in [-0.25, -0.2) is 0 Å². The summed E-state index contributed by atoms with van der Waals surface area (Å²) in [6.07, 6.45) is 0. The predicted molar refractivity (Wildman–Crippen MR) is 60.2 cm³/mol. The van der Waals surface area contributed by atoms with Crippen LogP contribution in [-0.2, 0) is 11.4 Å². The standard InChI is InChI=1S/C12H14N2O/c1-2-15-13-9-11-8-7-10-5-3-4-6-12(10)14-11/h3-8,13H,2,9H2,1H3. The quantitative estimate of drug-likeness (QED) is 0.610. The molecule has 0 amide bonds. The topological polar surface area (TPSA) is 34.1 Å². The van der Waals surface area contributed by atoms with Gasteiger partial charge in [0.15, 0.2) is 0 Å². The highest BCUT2D eigenvalue weighted by Crippen LogP contribution is 2.11. The SMILES string of the molecule is CCONCc1ccc2ccccc2n1. The van der Waals surface area contributed by atoms with Crippen LogP contribution in [0, 0.1) is 0 Å². The molecule has 1 aromatic carbocycles. The number of aromatic nitrogens is 1. The molecule has 0 aliphatic heterocycles. The maximum Gasteiger partial charge on any atom is 0.0705 e. The van der Waals surface area contributed by atoms with Crippen LogP contribution in [0.2, 0.25) is 0 Å². The fraction of sp³-hybridized carbons (Fsp3) is 0.250. The number of benzene rings is 1. The number of rotatable bonds is 4. The number of pyridine rings is 1. The normalized spacial score (nSPS) is 10.7. The molecule has 1 heterocycles. The molecule has 0 aliphatic carbocycles. The molecule has 0 bridgehead atoms. The van der Waals surface area contributed by atoms with Crippen molar-refractivity contribution in [3.8, 4) is 0 Å². The molecule has 0 unspecified atom stereocenters. The minimum absolute atomic E-state index is 0.638. The number of fused-ring (bicyclic) bond motifs is 1. The van der Waals surface area contributed by atoms with Crippen LogP contribution in [0.4, 0.5) is 0 Å². The van der Waals surface area contributed by atoms with Gasteiger partial charge in [0.25, 0.3) is 0 Å². The van der Waals surface area contributed by atoms with Crippen molar-refractivity contribution in [1.29, 1.82) is 0 Å². The second-order valence-electron chi connectivity index (χ2n) is 3.25. The van der Waals surface area contributed by atoms with E-state index in [-0.39, 0.29) is 0 Å². The lowest BCUT2D eigenvalue weighted by Gasteiger charge is -2.04. The predicted octanol–water partition coefficient (Wildman–Crippen LogP) is 2.28. The fourth-order valence-electron chi connectivity index (χ4n) is 1.43. The van der Waals surface area contributed by atoms with E-state index in [0.717, 1.165) is 16.6 Å². The summed E-state index contributed by atoms with van der Waals surface area (Å²) >= 11 is 0. The number of hydrogen-bond acceptors (Lipinski definition) is 3. The number of nitrogens with one attached hydrogen (secondary N) is 1. The van der Waals surface area contributed by atoms with Crippen LogP contribution in [0.5, 0.6) is 0 Å². The van der Waals surface area contributed by atoms with E-state index in [2.05, 4.69) is 22.6 Å². The lowest BCUT2D eigenvalue weighted by atomic mass is 10.2.